The van der Waals surface area contributed by atoms with E-state index < -0.39 is 0 Å². The molecule has 1 aliphatic heterocycles. The normalized spacial score (nSPS) is 11.8. The van der Waals surface area contributed by atoms with Gasteiger partial charge in [0.05, 0.1) is 29.2 Å². The SMILES string of the molecule is [C-]#[N+]c1ccc2c(c[n+]3n2-c2c(C)ccc(C)c2C3)c1C#N. The molecule has 0 saturated heterocycles. The van der Waals surface area contributed by atoms with Crippen molar-refractivity contribution in [1.82, 2.24) is 4.68 Å². The Bertz CT molecular complexity index is 1040. The summed E-state index contributed by atoms with van der Waals surface area (Å²) in [5.41, 5.74) is 6.90. The van der Waals surface area contributed by atoms with E-state index in [9.17, 15) is 5.26 Å². The molecule has 0 bridgehead atoms. The number of aromatic nitrogens is 2. The van der Waals surface area contributed by atoms with Crippen LogP contribution in [0.4, 0.5) is 5.69 Å². The minimum absolute atomic E-state index is 0.418. The molecule has 0 spiro atoms. The van der Waals surface area contributed by atoms with Crippen molar-refractivity contribution in [2.24, 2.45) is 0 Å². The predicted octanol–water partition coefficient (Wildman–Crippen LogP) is 3.32. The second-order valence-electron chi connectivity index (χ2n) is 5.68. The molecule has 0 radical (unpaired) electrons. The number of nitriles is 1. The Hall–Kier alpha value is -3.11. The zero-order chi connectivity index (χ0) is 15.4. The molecule has 0 saturated carbocycles. The van der Waals surface area contributed by atoms with Crippen molar-refractivity contribution < 1.29 is 4.68 Å². The molecule has 1 aliphatic rings. The monoisotopic (exact) mass is 285 g/mol. The summed E-state index contributed by atoms with van der Waals surface area (Å²) in [5.74, 6) is 0. The molecule has 4 nitrogen and oxygen atoms in total. The van der Waals surface area contributed by atoms with Crippen molar-refractivity contribution in [2.75, 3.05) is 0 Å². The lowest BCUT2D eigenvalue weighted by molar-refractivity contribution is -0.749. The zero-order valence-electron chi connectivity index (χ0n) is 12.4. The summed E-state index contributed by atoms with van der Waals surface area (Å²) >= 11 is 0. The number of nitrogens with zero attached hydrogens (tertiary/aromatic N) is 4. The Labute approximate surface area is 128 Å². The highest BCUT2D eigenvalue weighted by atomic mass is 15.4. The predicted molar refractivity (Wildman–Crippen MR) is 83.0 cm³/mol. The lowest BCUT2D eigenvalue weighted by Gasteiger charge is -2.05. The highest BCUT2D eigenvalue weighted by Crippen LogP contribution is 2.33. The fourth-order valence-corrected chi connectivity index (χ4v) is 3.34. The van der Waals surface area contributed by atoms with Crippen molar-refractivity contribution in [2.45, 2.75) is 20.4 Å². The highest BCUT2D eigenvalue weighted by Gasteiger charge is 2.31. The van der Waals surface area contributed by atoms with Gasteiger partial charge in [0.15, 0.2) is 6.54 Å². The first-order valence-corrected chi connectivity index (χ1v) is 7.11. The van der Waals surface area contributed by atoms with E-state index in [4.69, 9.17) is 6.57 Å². The van der Waals surface area contributed by atoms with Crippen LogP contribution in [0.25, 0.3) is 21.4 Å². The van der Waals surface area contributed by atoms with Crippen molar-refractivity contribution >= 4 is 16.6 Å². The Kier molecular flexibility index (Phi) is 2.40. The highest BCUT2D eigenvalue weighted by molar-refractivity contribution is 5.91. The quantitative estimate of drug-likeness (QED) is 0.361. The molecule has 0 fully saturated rings. The van der Waals surface area contributed by atoms with Crippen molar-refractivity contribution in [3.8, 4) is 11.8 Å². The largest absolute Gasteiger partial charge is 0.237 e. The molecule has 0 N–H and O–H groups in total. The Morgan fingerprint density at radius 2 is 2.00 bits per heavy atom. The maximum Gasteiger partial charge on any atom is 0.205 e. The van der Waals surface area contributed by atoms with E-state index in [-0.39, 0.29) is 0 Å². The standard InChI is InChI=1S/C18H13N4/c1-11-4-5-12(2)18-14(11)9-21-10-15-13(8-19)16(20-3)6-7-17(15)22(18)21/h4-7,10H,9H2,1-2H3/q+1. The molecule has 4 heteroatoms. The minimum Gasteiger partial charge on any atom is -0.237 e. The summed E-state index contributed by atoms with van der Waals surface area (Å²) in [5, 5.41) is 10.3. The van der Waals surface area contributed by atoms with Gasteiger partial charge in [-0.1, -0.05) is 18.2 Å². The molecule has 3 aromatic rings. The van der Waals surface area contributed by atoms with E-state index in [2.05, 4.69) is 46.3 Å². The Morgan fingerprint density at radius 1 is 1.23 bits per heavy atom. The third-order valence-corrected chi connectivity index (χ3v) is 4.45. The second-order valence-corrected chi connectivity index (χ2v) is 5.68. The average Bonchev–Trinajstić information content (AvgIpc) is 3.06. The van der Waals surface area contributed by atoms with Crippen LogP contribution < -0.4 is 4.68 Å². The number of fused-ring (bicyclic) bond motifs is 5. The lowest BCUT2D eigenvalue weighted by atomic mass is 10.0. The van der Waals surface area contributed by atoms with E-state index >= 15 is 0 Å². The van der Waals surface area contributed by atoms with Crippen LogP contribution in [0, 0.1) is 31.8 Å². The van der Waals surface area contributed by atoms with E-state index in [0.29, 0.717) is 11.3 Å². The summed E-state index contributed by atoms with van der Waals surface area (Å²) in [6.45, 7) is 12.3. The molecule has 4 rings (SSSR count). The van der Waals surface area contributed by atoms with Crippen molar-refractivity contribution in [3.05, 3.63) is 64.1 Å². The van der Waals surface area contributed by atoms with Crippen molar-refractivity contribution in [1.29, 1.82) is 5.26 Å². The average molecular weight is 285 g/mol. The Balaban J connectivity index is 2.14. The smallest absolute Gasteiger partial charge is 0.205 e. The first kappa shape index (κ1) is 12.6. The van der Waals surface area contributed by atoms with Gasteiger partial charge < -0.3 is 0 Å². The van der Waals surface area contributed by atoms with Gasteiger partial charge in [0, 0.05) is 0 Å². The van der Waals surface area contributed by atoms with Crippen LogP contribution in [-0.2, 0) is 6.54 Å². The van der Waals surface area contributed by atoms with Gasteiger partial charge in [0.2, 0.25) is 11.9 Å². The first-order chi connectivity index (χ1) is 10.7. The van der Waals surface area contributed by atoms with Gasteiger partial charge in [-0.25, -0.2) is 4.85 Å². The first-order valence-electron chi connectivity index (χ1n) is 7.11. The zero-order valence-corrected chi connectivity index (χ0v) is 12.4. The Morgan fingerprint density at radius 3 is 2.73 bits per heavy atom. The van der Waals surface area contributed by atoms with Crippen molar-refractivity contribution in [3.63, 3.8) is 0 Å². The summed E-state index contributed by atoms with van der Waals surface area (Å²) in [4.78, 5) is 3.46. The van der Waals surface area contributed by atoms with E-state index in [0.717, 1.165) is 17.4 Å². The van der Waals surface area contributed by atoms with Gasteiger partial charge in [0.1, 0.15) is 11.2 Å². The molecular formula is C18H13N4+. The second kappa shape index (κ2) is 4.19. The molecule has 0 unspecified atom stereocenters. The molecule has 2 heterocycles. The van der Waals surface area contributed by atoms with Crippen LogP contribution in [0.5, 0.6) is 0 Å². The fraction of sp³-hybridized carbons (Fsp3) is 0.167. The van der Waals surface area contributed by atoms with Gasteiger partial charge in [-0.2, -0.15) is 5.26 Å². The molecular weight excluding hydrogens is 272 g/mol. The molecule has 0 aliphatic carbocycles. The van der Waals surface area contributed by atoms with Gasteiger partial charge >= 0.3 is 0 Å². The van der Waals surface area contributed by atoms with E-state index in [1.165, 1.54) is 22.4 Å². The summed E-state index contributed by atoms with van der Waals surface area (Å²) in [7, 11) is 0. The van der Waals surface area contributed by atoms with E-state index in [1.54, 1.807) is 6.07 Å². The molecule has 0 atom stereocenters. The van der Waals surface area contributed by atoms with Crippen LogP contribution in [-0.4, -0.2) is 4.68 Å². The molecule has 104 valence electrons. The van der Waals surface area contributed by atoms with Crippen LogP contribution in [0.1, 0.15) is 22.3 Å². The molecule has 2 aromatic carbocycles. The number of benzene rings is 2. The summed E-state index contributed by atoms with van der Waals surface area (Å²) < 4.78 is 4.30. The summed E-state index contributed by atoms with van der Waals surface area (Å²) in [6, 6.07) is 10.2. The number of aryl methyl sites for hydroxylation is 2. The molecule has 22 heavy (non-hydrogen) atoms. The van der Waals surface area contributed by atoms with Gasteiger partial charge in [-0.05, 0) is 31.0 Å². The van der Waals surface area contributed by atoms with Gasteiger partial charge in [0.25, 0.3) is 0 Å². The third kappa shape index (κ3) is 1.42. The maximum atomic E-state index is 9.42. The maximum absolute atomic E-state index is 9.42. The van der Waals surface area contributed by atoms with E-state index in [1.807, 2.05) is 12.3 Å². The fourth-order valence-electron chi connectivity index (χ4n) is 3.34. The van der Waals surface area contributed by atoms with Crippen LogP contribution in [0.15, 0.2) is 30.5 Å². The number of hydrogen-bond donors (Lipinski definition) is 0. The van der Waals surface area contributed by atoms with Crippen LogP contribution in [0.2, 0.25) is 0 Å². The number of rotatable bonds is 0. The topological polar surface area (TPSA) is 37.0 Å². The minimum atomic E-state index is 0.418. The molecule has 1 aromatic heterocycles. The van der Waals surface area contributed by atoms with Gasteiger partial charge in [-0.15, -0.1) is 9.36 Å². The third-order valence-electron chi connectivity index (χ3n) is 4.45. The van der Waals surface area contributed by atoms with Crippen LogP contribution >= 0.6 is 0 Å². The summed E-state index contributed by atoms with van der Waals surface area (Å²) in [6.07, 6.45) is 1.99. The molecule has 0 amide bonds. The number of hydrogen-bond acceptors (Lipinski definition) is 1. The lowest BCUT2D eigenvalue weighted by Crippen LogP contribution is -2.36. The van der Waals surface area contributed by atoms with Crippen LogP contribution in [0.3, 0.4) is 0 Å². The van der Waals surface area contributed by atoms with Gasteiger partial charge in [-0.3, -0.25) is 0 Å².